The molecule has 0 aliphatic heterocycles. The third-order valence-corrected chi connectivity index (χ3v) is 4.45. The average Bonchev–Trinajstić information content (AvgIpc) is 2.67. The molecule has 2 aromatic rings. The molecular formula is C10H13NO7S3. The van der Waals surface area contributed by atoms with Gasteiger partial charge >= 0.3 is 20.8 Å². The standard InChI is InChI=1S/C10H11NS.H2O7S2/c1-2-5-10-11-8-6-3-4-7-9(8)12-10;1-8(2,3)7-9(4,5)6/h3-4,6-7H,2,5H2,1H3;(H,1,2,3)(H,4,5,6). The number of para-hydroxylation sites is 1. The van der Waals surface area contributed by atoms with Crippen LogP contribution in [0, 0.1) is 0 Å². The van der Waals surface area contributed by atoms with E-state index in [-0.39, 0.29) is 0 Å². The summed E-state index contributed by atoms with van der Waals surface area (Å²) >= 11 is 1.81. The molecule has 1 heterocycles. The number of hydrogen-bond acceptors (Lipinski definition) is 7. The lowest BCUT2D eigenvalue weighted by Gasteiger charge is -1.89. The van der Waals surface area contributed by atoms with Crippen molar-refractivity contribution in [2.24, 2.45) is 0 Å². The molecule has 2 rings (SSSR count). The predicted octanol–water partition coefficient (Wildman–Crippen LogP) is 1.86. The second-order valence-corrected chi connectivity index (χ2v) is 7.12. The van der Waals surface area contributed by atoms with Crippen LogP contribution in [0.15, 0.2) is 24.3 Å². The third kappa shape index (κ3) is 7.45. The Morgan fingerprint density at radius 1 is 1.14 bits per heavy atom. The van der Waals surface area contributed by atoms with E-state index in [1.165, 1.54) is 16.1 Å². The first-order valence-corrected chi connectivity index (χ1v) is 9.16. The summed E-state index contributed by atoms with van der Waals surface area (Å²) in [6.07, 6.45) is 2.29. The van der Waals surface area contributed by atoms with Crippen molar-refractivity contribution in [3.63, 3.8) is 0 Å². The molecule has 0 radical (unpaired) electrons. The topological polar surface area (TPSA) is 131 Å². The van der Waals surface area contributed by atoms with Gasteiger partial charge in [0.15, 0.2) is 0 Å². The van der Waals surface area contributed by atoms with Crippen molar-refractivity contribution < 1.29 is 29.6 Å². The van der Waals surface area contributed by atoms with Crippen molar-refractivity contribution >= 4 is 42.4 Å². The van der Waals surface area contributed by atoms with Crippen molar-refractivity contribution in [2.45, 2.75) is 19.8 Å². The van der Waals surface area contributed by atoms with E-state index in [1.807, 2.05) is 17.4 Å². The van der Waals surface area contributed by atoms with Crippen LogP contribution < -0.4 is 0 Å². The summed E-state index contributed by atoms with van der Waals surface area (Å²) in [4.78, 5) is 4.52. The van der Waals surface area contributed by atoms with Crippen LogP contribution in [0.2, 0.25) is 0 Å². The Morgan fingerprint density at radius 3 is 2.14 bits per heavy atom. The monoisotopic (exact) mass is 355 g/mol. The van der Waals surface area contributed by atoms with Crippen LogP contribution in [0.5, 0.6) is 0 Å². The predicted molar refractivity (Wildman–Crippen MR) is 77.8 cm³/mol. The lowest BCUT2D eigenvalue weighted by molar-refractivity contribution is 0.344. The molecule has 0 aliphatic rings. The zero-order chi connectivity index (χ0) is 16.1. The van der Waals surface area contributed by atoms with Crippen LogP contribution in [0.25, 0.3) is 10.2 Å². The van der Waals surface area contributed by atoms with Crippen LogP contribution >= 0.6 is 11.3 Å². The fourth-order valence-electron chi connectivity index (χ4n) is 1.35. The van der Waals surface area contributed by atoms with Crippen molar-refractivity contribution in [1.82, 2.24) is 4.98 Å². The van der Waals surface area contributed by atoms with Crippen molar-refractivity contribution in [3.05, 3.63) is 29.3 Å². The Labute approximate surface area is 126 Å². The van der Waals surface area contributed by atoms with Crippen LogP contribution in [0.1, 0.15) is 18.4 Å². The highest BCUT2D eigenvalue weighted by Gasteiger charge is 2.15. The van der Waals surface area contributed by atoms with Gasteiger partial charge in [-0.25, -0.2) is 4.98 Å². The molecule has 0 fully saturated rings. The minimum absolute atomic E-state index is 1.11. The van der Waals surface area contributed by atoms with Gasteiger partial charge < -0.3 is 0 Å². The lowest BCUT2D eigenvalue weighted by Crippen LogP contribution is -2.10. The highest BCUT2D eigenvalue weighted by molar-refractivity contribution is 7.94. The Kier molecular flexibility index (Phi) is 6.19. The summed E-state index contributed by atoms with van der Waals surface area (Å²) in [6.45, 7) is 2.19. The normalized spacial score (nSPS) is 12.0. The molecule has 0 atom stereocenters. The summed E-state index contributed by atoms with van der Waals surface area (Å²) in [5, 5.41) is 1.26. The molecule has 2 N–H and O–H groups in total. The smallest absolute Gasteiger partial charge is 0.263 e. The van der Waals surface area contributed by atoms with E-state index in [4.69, 9.17) is 9.11 Å². The number of fused-ring (bicyclic) bond motifs is 1. The van der Waals surface area contributed by atoms with Gasteiger partial charge in [-0.05, 0) is 25.0 Å². The number of hydrogen-bond donors (Lipinski definition) is 2. The average molecular weight is 355 g/mol. The summed E-state index contributed by atoms with van der Waals surface area (Å²) in [6, 6.07) is 8.31. The molecule has 8 nitrogen and oxygen atoms in total. The number of aryl methyl sites for hydroxylation is 1. The van der Waals surface area contributed by atoms with Crippen molar-refractivity contribution in [1.29, 1.82) is 0 Å². The SMILES string of the molecule is CCCc1nc2ccccc2s1.O=S(=O)(O)OS(=O)(=O)O. The van der Waals surface area contributed by atoms with E-state index in [0.29, 0.717) is 0 Å². The summed E-state index contributed by atoms with van der Waals surface area (Å²) in [7, 11) is -10.2. The molecule has 1 aromatic carbocycles. The van der Waals surface area contributed by atoms with Crippen LogP contribution in [-0.2, 0) is 30.8 Å². The van der Waals surface area contributed by atoms with Crippen molar-refractivity contribution in [3.8, 4) is 0 Å². The Hall–Kier alpha value is -1.11. The first-order chi connectivity index (χ1) is 9.61. The first kappa shape index (κ1) is 17.9. The number of rotatable bonds is 4. The van der Waals surface area contributed by atoms with E-state index in [2.05, 4.69) is 33.7 Å². The van der Waals surface area contributed by atoms with Gasteiger partial charge in [0.2, 0.25) is 0 Å². The number of aromatic nitrogens is 1. The molecular weight excluding hydrogens is 342 g/mol. The molecule has 0 spiro atoms. The van der Waals surface area contributed by atoms with Gasteiger partial charge in [0.05, 0.1) is 15.2 Å². The lowest BCUT2D eigenvalue weighted by atomic mass is 10.3. The Balaban J connectivity index is 0.000000222. The van der Waals surface area contributed by atoms with E-state index in [9.17, 15) is 16.8 Å². The molecule has 1 aromatic heterocycles. The van der Waals surface area contributed by atoms with Crippen LogP contribution in [0.4, 0.5) is 0 Å². The van der Waals surface area contributed by atoms with Gasteiger partial charge in [-0.2, -0.15) is 16.8 Å². The minimum atomic E-state index is -5.12. The van der Waals surface area contributed by atoms with E-state index >= 15 is 0 Å². The van der Waals surface area contributed by atoms with Crippen LogP contribution in [-0.4, -0.2) is 30.9 Å². The number of benzene rings is 1. The van der Waals surface area contributed by atoms with Gasteiger partial charge in [0.25, 0.3) is 0 Å². The second kappa shape index (κ2) is 7.24. The zero-order valence-corrected chi connectivity index (χ0v) is 13.3. The molecule has 0 aliphatic carbocycles. The maximum atomic E-state index is 9.44. The quantitative estimate of drug-likeness (QED) is 0.795. The first-order valence-electron chi connectivity index (χ1n) is 5.61. The van der Waals surface area contributed by atoms with Gasteiger partial charge in [-0.15, -0.1) is 15.0 Å². The second-order valence-electron chi connectivity index (χ2n) is 3.75. The Morgan fingerprint density at radius 2 is 1.71 bits per heavy atom. The molecule has 0 saturated carbocycles. The van der Waals surface area contributed by atoms with Crippen molar-refractivity contribution in [2.75, 3.05) is 0 Å². The van der Waals surface area contributed by atoms with Gasteiger partial charge in [-0.1, -0.05) is 19.1 Å². The highest BCUT2D eigenvalue weighted by atomic mass is 32.3. The fourth-order valence-corrected chi connectivity index (χ4v) is 3.29. The summed E-state index contributed by atoms with van der Waals surface area (Å²) in [5.74, 6) is 0. The Bertz CT molecular complexity index is 732. The molecule has 118 valence electrons. The molecule has 21 heavy (non-hydrogen) atoms. The fraction of sp³-hybridized carbons (Fsp3) is 0.300. The third-order valence-electron chi connectivity index (χ3n) is 1.97. The van der Waals surface area contributed by atoms with E-state index < -0.39 is 20.8 Å². The maximum Gasteiger partial charge on any atom is 0.413 e. The van der Waals surface area contributed by atoms with Gasteiger partial charge in [-0.3, -0.25) is 9.11 Å². The molecule has 0 amide bonds. The zero-order valence-electron chi connectivity index (χ0n) is 10.8. The molecule has 0 bridgehead atoms. The minimum Gasteiger partial charge on any atom is -0.263 e. The number of nitrogens with zero attached hydrogens (tertiary/aromatic N) is 1. The van der Waals surface area contributed by atoms with E-state index in [1.54, 1.807) is 0 Å². The van der Waals surface area contributed by atoms with Crippen LogP contribution in [0.3, 0.4) is 0 Å². The maximum absolute atomic E-state index is 9.44. The summed E-state index contributed by atoms with van der Waals surface area (Å²) < 4.78 is 56.9. The van der Waals surface area contributed by atoms with Gasteiger partial charge in [0, 0.05) is 0 Å². The number of thiazole rings is 1. The summed E-state index contributed by atoms with van der Waals surface area (Å²) in [5.41, 5.74) is 1.14. The molecule has 0 unspecified atom stereocenters. The largest absolute Gasteiger partial charge is 0.413 e. The highest BCUT2D eigenvalue weighted by Crippen LogP contribution is 2.22. The molecule has 0 saturated heterocycles. The van der Waals surface area contributed by atoms with Gasteiger partial charge in [0.1, 0.15) is 0 Å². The van der Waals surface area contributed by atoms with E-state index in [0.717, 1.165) is 11.9 Å². The molecule has 11 heteroatoms.